The van der Waals surface area contributed by atoms with E-state index in [1.165, 1.54) is 37.5 Å². The molecule has 3 rings (SSSR count). The van der Waals surface area contributed by atoms with E-state index in [-0.39, 0.29) is 17.3 Å². The number of rotatable bonds is 8. The number of amides is 1. The third kappa shape index (κ3) is 5.64. The SMILES string of the molecule is CC[NH+]1CCN(c2ccc(N[C@@H](C)C(=O)Nc3cc([N+](=O)[O-])ccc3OC)cc2)CC1. The Labute approximate surface area is 182 Å². The number of anilines is 3. The van der Waals surface area contributed by atoms with Gasteiger partial charge in [-0.05, 0) is 44.2 Å². The number of nitro groups is 1. The summed E-state index contributed by atoms with van der Waals surface area (Å²) in [5.74, 6) is 0.0436. The minimum atomic E-state index is -0.550. The highest BCUT2D eigenvalue weighted by Crippen LogP contribution is 2.29. The maximum Gasteiger partial charge on any atom is 0.271 e. The molecule has 9 heteroatoms. The van der Waals surface area contributed by atoms with Crippen LogP contribution in [0.4, 0.5) is 22.7 Å². The van der Waals surface area contributed by atoms with E-state index in [9.17, 15) is 14.9 Å². The van der Waals surface area contributed by atoms with Crippen LogP contribution in [0.15, 0.2) is 42.5 Å². The molecule has 2 aromatic rings. The number of hydrogen-bond acceptors (Lipinski definition) is 6. The molecular formula is C22H30N5O4+. The lowest BCUT2D eigenvalue weighted by Gasteiger charge is -2.33. The topological polar surface area (TPSA) is 101 Å². The minimum Gasteiger partial charge on any atom is -0.495 e. The van der Waals surface area contributed by atoms with Gasteiger partial charge in [-0.25, -0.2) is 0 Å². The van der Waals surface area contributed by atoms with Crippen LogP contribution in [0, 0.1) is 10.1 Å². The number of likely N-dealkylation sites (N-methyl/N-ethyl adjacent to an activating group) is 1. The first kappa shape index (κ1) is 22.4. The first-order chi connectivity index (χ1) is 14.9. The van der Waals surface area contributed by atoms with Gasteiger partial charge < -0.3 is 25.2 Å². The number of methoxy groups -OCH3 is 1. The van der Waals surface area contributed by atoms with E-state index in [0.29, 0.717) is 5.75 Å². The van der Waals surface area contributed by atoms with E-state index in [2.05, 4.69) is 34.6 Å². The van der Waals surface area contributed by atoms with Crippen LogP contribution >= 0.6 is 0 Å². The molecule has 0 radical (unpaired) electrons. The number of non-ortho nitro benzene ring substituents is 1. The van der Waals surface area contributed by atoms with Crippen molar-refractivity contribution < 1.29 is 19.4 Å². The highest BCUT2D eigenvalue weighted by molar-refractivity contribution is 5.97. The van der Waals surface area contributed by atoms with Crippen molar-refractivity contribution in [1.29, 1.82) is 0 Å². The summed E-state index contributed by atoms with van der Waals surface area (Å²) in [4.78, 5) is 27.2. The Morgan fingerprint density at radius 2 is 1.90 bits per heavy atom. The normalized spacial score (nSPS) is 15.3. The zero-order chi connectivity index (χ0) is 22.4. The van der Waals surface area contributed by atoms with Crippen molar-refractivity contribution in [2.75, 3.05) is 55.4 Å². The Kier molecular flexibility index (Phi) is 7.30. The van der Waals surface area contributed by atoms with Crippen LogP contribution in [-0.4, -0.2) is 56.7 Å². The molecule has 0 saturated carbocycles. The van der Waals surface area contributed by atoms with Gasteiger partial charge in [0.05, 0.1) is 50.4 Å². The Bertz CT molecular complexity index is 911. The lowest BCUT2D eigenvalue weighted by Crippen LogP contribution is -3.14. The number of quaternary nitrogens is 1. The summed E-state index contributed by atoms with van der Waals surface area (Å²) in [5, 5.41) is 16.9. The number of nitrogens with one attached hydrogen (secondary N) is 3. The van der Waals surface area contributed by atoms with Gasteiger partial charge in [0.15, 0.2) is 0 Å². The van der Waals surface area contributed by atoms with Crippen molar-refractivity contribution in [3.63, 3.8) is 0 Å². The summed E-state index contributed by atoms with van der Waals surface area (Å²) in [6, 6.07) is 11.6. The monoisotopic (exact) mass is 428 g/mol. The smallest absolute Gasteiger partial charge is 0.271 e. The van der Waals surface area contributed by atoms with Crippen LogP contribution in [0.1, 0.15) is 13.8 Å². The third-order valence-electron chi connectivity index (χ3n) is 5.63. The number of nitrogens with zero attached hydrogens (tertiary/aromatic N) is 2. The highest BCUT2D eigenvalue weighted by Gasteiger charge is 2.20. The molecule has 2 aromatic carbocycles. The number of hydrogen-bond donors (Lipinski definition) is 3. The molecule has 1 aliphatic rings. The van der Waals surface area contributed by atoms with Crippen LogP contribution < -0.4 is 25.2 Å². The molecule has 0 aliphatic carbocycles. The van der Waals surface area contributed by atoms with Crippen molar-refractivity contribution in [2.24, 2.45) is 0 Å². The van der Waals surface area contributed by atoms with Gasteiger partial charge in [0.25, 0.3) is 5.69 Å². The fraction of sp³-hybridized carbons (Fsp3) is 0.409. The lowest BCUT2D eigenvalue weighted by atomic mass is 10.2. The number of carbonyl (C=O) groups excluding carboxylic acids is 1. The second kappa shape index (κ2) is 10.1. The molecule has 3 N–H and O–H groups in total. The van der Waals surface area contributed by atoms with Crippen LogP contribution in [0.3, 0.4) is 0 Å². The Morgan fingerprint density at radius 1 is 1.23 bits per heavy atom. The molecule has 1 heterocycles. The van der Waals surface area contributed by atoms with E-state index >= 15 is 0 Å². The Morgan fingerprint density at radius 3 is 2.48 bits per heavy atom. The standard InChI is InChI=1S/C22H29N5O4/c1-4-25-11-13-26(14-12-25)18-7-5-17(6-8-18)23-16(2)22(28)24-20-15-19(27(29)30)9-10-21(20)31-3/h5-10,15-16,23H,4,11-14H2,1-3H3,(H,24,28)/p+1/t16-/m0/s1. The summed E-state index contributed by atoms with van der Waals surface area (Å²) in [6.45, 7) is 9.50. The number of carbonyl (C=O) groups is 1. The van der Waals surface area contributed by atoms with Crippen molar-refractivity contribution in [1.82, 2.24) is 0 Å². The van der Waals surface area contributed by atoms with Crippen molar-refractivity contribution in [3.8, 4) is 5.75 Å². The van der Waals surface area contributed by atoms with Gasteiger partial charge in [-0.2, -0.15) is 0 Å². The van der Waals surface area contributed by atoms with Gasteiger partial charge >= 0.3 is 0 Å². The number of piperazine rings is 1. The van der Waals surface area contributed by atoms with Crippen LogP contribution in [0.25, 0.3) is 0 Å². The van der Waals surface area contributed by atoms with Crippen molar-refractivity contribution >= 4 is 28.7 Å². The summed E-state index contributed by atoms with van der Waals surface area (Å²) < 4.78 is 5.20. The maximum absolute atomic E-state index is 12.6. The molecule has 0 bridgehead atoms. The molecule has 1 amide bonds. The van der Waals surface area contributed by atoms with Gasteiger partial charge in [-0.3, -0.25) is 14.9 Å². The predicted molar refractivity (Wildman–Crippen MR) is 121 cm³/mol. The molecule has 0 spiro atoms. The zero-order valence-corrected chi connectivity index (χ0v) is 18.2. The van der Waals surface area contributed by atoms with Crippen LogP contribution in [-0.2, 0) is 4.79 Å². The van der Waals surface area contributed by atoms with Gasteiger partial charge in [0.1, 0.15) is 11.8 Å². The van der Waals surface area contributed by atoms with E-state index in [1.54, 1.807) is 11.8 Å². The molecule has 166 valence electrons. The van der Waals surface area contributed by atoms with Gasteiger partial charge in [-0.15, -0.1) is 0 Å². The highest BCUT2D eigenvalue weighted by atomic mass is 16.6. The molecule has 0 unspecified atom stereocenters. The maximum atomic E-state index is 12.6. The summed E-state index contributed by atoms with van der Waals surface area (Å²) in [5.41, 5.74) is 2.15. The van der Waals surface area contributed by atoms with Crippen molar-refractivity contribution in [2.45, 2.75) is 19.9 Å². The van der Waals surface area contributed by atoms with Gasteiger partial charge in [-0.1, -0.05) is 0 Å². The van der Waals surface area contributed by atoms with Crippen molar-refractivity contribution in [3.05, 3.63) is 52.6 Å². The average molecular weight is 429 g/mol. The van der Waals surface area contributed by atoms with Gasteiger partial charge in [0.2, 0.25) is 5.91 Å². The second-order valence-corrected chi connectivity index (χ2v) is 7.63. The van der Waals surface area contributed by atoms with E-state index in [1.807, 2.05) is 12.1 Å². The zero-order valence-electron chi connectivity index (χ0n) is 18.2. The van der Waals surface area contributed by atoms with E-state index in [0.717, 1.165) is 31.9 Å². The summed E-state index contributed by atoms with van der Waals surface area (Å²) in [6.07, 6.45) is 0. The Balaban J connectivity index is 1.60. The third-order valence-corrected chi connectivity index (χ3v) is 5.63. The first-order valence-electron chi connectivity index (χ1n) is 10.5. The molecule has 0 aromatic heterocycles. The van der Waals surface area contributed by atoms with E-state index in [4.69, 9.17) is 4.74 Å². The average Bonchev–Trinajstić information content (AvgIpc) is 2.79. The lowest BCUT2D eigenvalue weighted by molar-refractivity contribution is -0.898. The predicted octanol–water partition coefficient (Wildman–Crippen LogP) is 1.77. The summed E-state index contributed by atoms with van der Waals surface area (Å²) >= 11 is 0. The molecule has 9 nitrogen and oxygen atoms in total. The largest absolute Gasteiger partial charge is 0.495 e. The van der Waals surface area contributed by atoms with E-state index < -0.39 is 11.0 Å². The van der Waals surface area contributed by atoms with Gasteiger partial charge in [0, 0.05) is 23.5 Å². The number of ether oxygens (including phenoxy) is 1. The molecule has 31 heavy (non-hydrogen) atoms. The molecule has 1 atom stereocenters. The fourth-order valence-electron chi connectivity index (χ4n) is 3.67. The molecular weight excluding hydrogens is 398 g/mol. The number of nitro benzene ring substituents is 1. The quantitative estimate of drug-likeness (QED) is 0.438. The van der Waals surface area contributed by atoms with Crippen LogP contribution in [0.2, 0.25) is 0 Å². The number of benzene rings is 2. The van der Waals surface area contributed by atoms with Crippen LogP contribution in [0.5, 0.6) is 5.75 Å². The Hall–Kier alpha value is -3.33. The molecule has 1 aliphatic heterocycles. The summed E-state index contributed by atoms with van der Waals surface area (Å²) in [7, 11) is 1.45. The first-order valence-corrected chi connectivity index (χ1v) is 10.5. The molecule has 1 fully saturated rings. The minimum absolute atomic E-state index is 0.117. The fourth-order valence-corrected chi connectivity index (χ4v) is 3.67. The molecule has 1 saturated heterocycles. The second-order valence-electron chi connectivity index (χ2n) is 7.63.